The Bertz CT molecular complexity index is 855. The van der Waals surface area contributed by atoms with Crippen molar-refractivity contribution < 1.29 is 28.6 Å². The van der Waals surface area contributed by atoms with Crippen molar-refractivity contribution in [3.63, 3.8) is 0 Å². The van der Waals surface area contributed by atoms with E-state index in [9.17, 15) is 14.4 Å². The molecule has 1 saturated heterocycles. The van der Waals surface area contributed by atoms with Gasteiger partial charge in [0.05, 0.1) is 26.9 Å². The molecule has 2 fully saturated rings. The van der Waals surface area contributed by atoms with Gasteiger partial charge in [0.25, 0.3) is 0 Å². The molecule has 0 unspecified atom stereocenters. The number of methoxy groups -OCH3 is 3. The van der Waals surface area contributed by atoms with Crippen LogP contribution in [0.4, 0.5) is 0 Å². The molecule has 0 spiro atoms. The lowest BCUT2D eigenvalue weighted by Gasteiger charge is -2.31. The summed E-state index contributed by atoms with van der Waals surface area (Å²) in [6, 6.07) is 3.31. The van der Waals surface area contributed by atoms with E-state index in [1.807, 2.05) is 7.05 Å². The highest BCUT2D eigenvalue weighted by atomic mass is 16.5. The van der Waals surface area contributed by atoms with Crippen LogP contribution in [0.25, 0.3) is 0 Å². The lowest BCUT2D eigenvalue weighted by Crippen LogP contribution is -2.39. The predicted octanol–water partition coefficient (Wildman–Crippen LogP) is 2.39. The Labute approximate surface area is 183 Å². The number of carbonyl (C=O) groups is 3. The average Bonchev–Trinajstić information content (AvgIpc) is 3.18. The summed E-state index contributed by atoms with van der Waals surface area (Å²) in [6.07, 6.45) is 2.52. The van der Waals surface area contributed by atoms with Gasteiger partial charge in [0.1, 0.15) is 5.75 Å². The number of rotatable bonds is 8. The summed E-state index contributed by atoms with van der Waals surface area (Å²) in [5, 5.41) is 0. The number of benzene rings is 1. The molecule has 0 N–H and O–H groups in total. The number of hydrogen-bond acceptors (Lipinski definition) is 6. The number of likely N-dealkylation sites (tertiary alicyclic amines) is 1. The zero-order valence-electron chi connectivity index (χ0n) is 19.0. The Morgan fingerprint density at radius 2 is 1.61 bits per heavy atom. The largest absolute Gasteiger partial charge is 0.496 e. The third-order valence-electron chi connectivity index (χ3n) is 6.70. The summed E-state index contributed by atoms with van der Waals surface area (Å²) in [5.74, 6) is 2.02. The summed E-state index contributed by atoms with van der Waals surface area (Å²) >= 11 is 0. The Morgan fingerprint density at radius 1 is 1.00 bits per heavy atom. The van der Waals surface area contributed by atoms with E-state index in [0.29, 0.717) is 41.1 Å². The van der Waals surface area contributed by atoms with Crippen LogP contribution in [-0.4, -0.2) is 75.4 Å². The molecule has 170 valence electrons. The molecule has 8 heteroatoms. The van der Waals surface area contributed by atoms with Gasteiger partial charge in [-0.3, -0.25) is 14.4 Å². The molecule has 1 aromatic rings. The van der Waals surface area contributed by atoms with Gasteiger partial charge in [-0.25, -0.2) is 0 Å². The van der Waals surface area contributed by atoms with Crippen molar-refractivity contribution >= 4 is 17.6 Å². The molecule has 31 heavy (non-hydrogen) atoms. The van der Waals surface area contributed by atoms with Crippen molar-refractivity contribution in [3.05, 3.63) is 17.7 Å². The Hall–Kier alpha value is -2.77. The number of carbonyl (C=O) groups excluding carboxylic acids is 3. The van der Waals surface area contributed by atoms with E-state index >= 15 is 0 Å². The van der Waals surface area contributed by atoms with Crippen LogP contribution in [0.3, 0.4) is 0 Å². The van der Waals surface area contributed by atoms with Crippen molar-refractivity contribution in [3.8, 4) is 17.2 Å². The molecule has 1 aromatic carbocycles. The fourth-order valence-corrected chi connectivity index (χ4v) is 4.79. The standard InChI is InChI=1S/C23H32N2O6/c1-24-13-15-9-16(8-14(15)10-23(24)28)25(2)22(27)7-6-18(26)17-11-20(30-4)21(31-5)12-19(17)29-3/h11-12,14-16H,6-10,13H2,1-5H3/t14-,15+,16-/m1/s1. The van der Waals surface area contributed by atoms with Crippen LogP contribution >= 0.6 is 0 Å². The van der Waals surface area contributed by atoms with Gasteiger partial charge in [-0.05, 0) is 30.7 Å². The summed E-state index contributed by atoms with van der Waals surface area (Å²) < 4.78 is 15.9. The molecule has 0 radical (unpaired) electrons. The van der Waals surface area contributed by atoms with Crippen molar-refractivity contribution in [2.75, 3.05) is 42.0 Å². The van der Waals surface area contributed by atoms with Crippen LogP contribution < -0.4 is 14.2 Å². The number of nitrogens with zero attached hydrogens (tertiary/aromatic N) is 2. The number of ketones is 1. The van der Waals surface area contributed by atoms with Crippen molar-refractivity contribution in [1.29, 1.82) is 0 Å². The van der Waals surface area contributed by atoms with Crippen LogP contribution in [0.15, 0.2) is 12.1 Å². The number of Topliss-reactive ketones (excluding diaryl/α,β-unsaturated/α-hetero) is 1. The molecule has 2 amide bonds. The van der Waals surface area contributed by atoms with Gasteiger partial charge < -0.3 is 24.0 Å². The molecule has 0 aromatic heterocycles. The fraction of sp³-hybridized carbons (Fsp3) is 0.609. The summed E-state index contributed by atoms with van der Waals surface area (Å²) in [7, 11) is 8.15. The highest BCUT2D eigenvalue weighted by Gasteiger charge is 2.42. The van der Waals surface area contributed by atoms with Crippen molar-refractivity contribution in [2.24, 2.45) is 11.8 Å². The number of fused-ring (bicyclic) bond motifs is 1. The van der Waals surface area contributed by atoms with Crippen LogP contribution in [-0.2, 0) is 9.59 Å². The maximum atomic E-state index is 12.8. The lowest BCUT2D eigenvalue weighted by molar-refractivity contribution is -0.135. The molecule has 3 rings (SSSR count). The van der Waals surface area contributed by atoms with E-state index < -0.39 is 0 Å². The van der Waals surface area contributed by atoms with Gasteiger partial charge in [0.2, 0.25) is 11.8 Å². The van der Waals surface area contributed by atoms with Crippen LogP contribution in [0.2, 0.25) is 0 Å². The maximum absolute atomic E-state index is 12.8. The fourth-order valence-electron chi connectivity index (χ4n) is 4.79. The first-order valence-electron chi connectivity index (χ1n) is 10.6. The van der Waals surface area contributed by atoms with E-state index in [-0.39, 0.29) is 36.5 Å². The van der Waals surface area contributed by atoms with E-state index in [1.165, 1.54) is 21.3 Å². The molecule has 1 saturated carbocycles. The van der Waals surface area contributed by atoms with Crippen LogP contribution in [0.1, 0.15) is 42.5 Å². The highest BCUT2D eigenvalue weighted by molar-refractivity contribution is 6.01. The average molecular weight is 433 g/mol. The second kappa shape index (κ2) is 9.58. The minimum absolute atomic E-state index is 0.0591. The van der Waals surface area contributed by atoms with E-state index in [4.69, 9.17) is 14.2 Å². The zero-order chi connectivity index (χ0) is 22.7. The Kier molecular flexibility index (Phi) is 7.08. The lowest BCUT2D eigenvalue weighted by atomic mass is 9.88. The topological polar surface area (TPSA) is 85.4 Å². The Morgan fingerprint density at radius 3 is 2.26 bits per heavy atom. The number of piperidine rings is 1. The van der Waals surface area contributed by atoms with Crippen molar-refractivity contribution in [1.82, 2.24) is 9.80 Å². The first-order chi connectivity index (χ1) is 14.8. The molecule has 2 aliphatic rings. The highest BCUT2D eigenvalue weighted by Crippen LogP contribution is 2.40. The van der Waals surface area contributed by atoms with Gasteiger partial charge in [0, 0.05) is 52.0 Å². The van der Waals surface area contributed by atoms with Gasteiger partial charge in [-0.1, -0.05) is 0 Å². The minimum Gasteiger partial charge on any atom is -0.496 e. The monoisotopic (exact) mass is 432 g/mol. The second-order valence-corrected chi connectivity index (χ2v) is 8.46. The SMILES string of the molecule is COc1cc(OC)c(C(=O)CCC(=O)N(C)[C@@H]2C[C@@H]3CC(=O)N(C)C[C@@H]3C2)cc1OC. The van der Waals surface area contributed by atoms with E-state index in [0.717, 1.165) is 19.4 Å². The predicted molar refractivity (Wildman–Crippen MR) is 115 cm³/mol. The van der Waals surface area contributed by atoms with Gasteiger partial charge >= 0.3 is 0 Å². The van der Waals surface area contributed by atoms with E-state index in [2.05, 4.69) is 0 Å². The number of ether oxygens (including phenoxy) is 3. The quantitative estimate of drug-likeness (QED) is 0.587. The molecular weight excluding hydrogens is 400 g/mol. The first kappa shape index (κ1) is 22.9. The Balaban J connectivity index is 1.60. The van der Waals surface area contributed by atoms with E-state index in [1.54, 1.807) is 29.0 Å². The summed E-state index contributed by atoms with van der Waals surface area (Å²) in [6.45, 7) is 0.764. The van der Waals surface area contributed by atoms with Gasteiger partial charge in [-0.15, -0.1) is 0 Å². The molecular formula is C23H32N2O6. The van der Waals surface area contributed by atoms with Gasteiger partial charge in [0.15, 0.2) is 17.3 Å². The summed E-state index contributed by atoms with van der Waals surface area (Å²) in [5.41, 5.74) is 0.365. The molecule has 3 atom stereocenters. The minimum atomic E-state index is -0.188. The normalized spacial score (nSPS) is 22.7. The number of hydrogen-bond donors (Lipinski definition) is 0. The summed E-state index contributed by atoms with van der Waals surface area (Å²) in [4.78, 5) is 41.2. The zero-order valence-corrected chi connectivity index (χ0v) is 19.0. The molecule has 1 heterocycles. The molecule has 1 aliphatic heterocycles. The number of amides is 2. The smallest absolute Gasteiger partial charge is 0.223 e. The van der Waals surface area contributed by atoms with Crippen molar-refractivity contribution in [2.45, 2.75) is 38.1 Å². The third kappa shape index (κ3) is 4.78. The molecule has 1 aliphatic carbocycles. The first-order valence-corrected chi connectivity index (χ1v) is 10.6. The van der Waals surface area contributed by atoms with Crippen LogP contribution in [0, 0.1) is 11.8 Å². The third-order valence-corrected chi connectivity index (χ3v) is 6.70. The second-order valence-electron chi connectivity index (χ2n) is 8.46. The molecule has 8 nitrogen and oxygen atoms in total. The maximum Gasteiger partial charge on any atom is 0.223 e. The van der Waals surface area contributed by atoms with Gasteiger partial charge in [-0.2, -0.15) is 0 Å². The molecule has 0 bridgehead atoms. The van der Waals surface area contributed by atoms with Crippen LogP contribution in [0.5, 0.6) is 17.2 Å².